The van der Waals surface area contributed by atoms with Crippen LogP contribution in [0.15, 0.2) is 18.2 Å². The van der Waals surface area contributed by atoms with Gasteiger partial charge in [0.25, 0.3) is 0 Å². The number of rotatable bonds is 5. The van der Waals surface area contributed by atoms with Crippen LogP contribution in [-0.2, 0) is 9.31 Å². The second-order valence-electron chi connectivity index (χ2n) is 9.16. The number of aldehydes is 1. The molecule has 1 aliphatic rings. The number of ether oxygens (including phenoxy) is 1. The van der Waals surface area contributed by atoms with Crippen LogP contribution in [0.25, 0.3) is 0 Å². The largest absolute Gasteiger partial charge is 0.499 e. The van der Waals surface area contributed by atoms with Crippen LogP contribution in [0.2, 0.25) is 0 Å². The molecule has 0 bridgehead atoms. The molecule has 154 valence electrons. The fraction of sp³-hybridized carbons (Fsp3) is 0.619. The maximum atomic E-state index is 12.9. The average molecular weight is 389 g/mol. The van der Waals surface area contributed by atoms with Crippen molar-refractivity contribution in [3.05, 3.63) is 23.8 Å². The Kier molecular flexibility index (Phi) is 6.31. The van der Waals surface area contributed by atoms with Gasteiger partial charge in [-0.3, -0.25) is 4.79 Å². The minimum absolute atomic E-state index is 0.276. The molecule has 1 aliphatic heterocycles. The standard InChI is InChI=1S/C21H32BNO5/c1-9-13-23(19(2,3)4)18(25)26-16-12-10-11-15(14-24)17(16)22-27-20(5,6)21(7,8)28-22/h10-12,14H,9,13H2,1-8H3. The second kappa shape index (κ2) is 7.87. The van der Waals surface area contributed by atoms with Crippen LogP contribution in [0, 0.1) is 0 Å². The number of carbonyl (C=O) groups is 2. The minimum Gasteiger partial charge on any atom is -0.411 e. The van der Waals surface area contributed by atoms with Crippen molar-refractivity contribution in [2.24, 2.45) is 0 Å². The van der Waals surface area contributed by atoms with Gasteiger partial charge in [-0.1, -0.05) is 19.1 Å². The van der Waals surface area contributed by atoms with Gasteiger partial charge >= 0.3 is 13.2 Å². The van der Waals surface area contributed by atoms with Gasteiger partial charge < -0.3 is 18.9 Å². The van der Waals surface area contributed by atoms with E-state index in [9.17, 15) is 9.59 Å². The first-order chi connectivity index (χ1) is 12.8. The third kappa shape index (κ3) is 4.41. The maximum absolute atomic E-state index is 12.9. The van der Waals surface area contributed by atoms with Crippen LogP contribution in [0.1, 0.15) is 72.2 Å². The van der Waals surface area contributed by atoms with Crippen molar-refractivity contribution in [3.63, 3.8) is 0 Å². The molecule has 1 fully saturated rings. The van der Waals surface area contributed by atoms with E-state index in [0.29, 0.717) is 17.6 Å². The van der Waals surface area contributed by atoms with E-state index < -0.39 is 24.4 Å². The highest BCUT2D eigenvalue weighted by Gasteiger charge is 2.53. The lowest BCUT2D eigenvalue weighted by Crippen LogP contribution is -2.48. The van der Waals surface area contributed by atoms with Crippen LogP contribution in [0.5, 0.6) is 5.75 Å². The molecule has 0 aliphatic carbocycles. The van der Waals surface area contributed by atoms with Gasteiger partial charge in [0.05, 0.1) is 11.2 Å². The first-order valence-electron chi connectivity index (χ1n) is 9.77. The van der Waals surface area contributed by atoms with Crippen molar-refractivity contribution in [2.45, 2.75) is 78.6 Å². The summed E-state index contributed by atoms with van der Waals surface area (Å²) in [6, 6.07) is 5.01. The van der Waals surface area contributed by atoms with Crippen LogP contribution in [0.3, 0.4) is 0 Å². The quantitative estimate of drug-likeness (QED) is 0.566. The van der Waals surface area contributed by atoms with Crippen LogP contribution in [-0.4, -0.2) is 47.7 Å². The molecule has 1 heterocycles. The van der Waals surface area contributed by atoms with Gasteiger partial charge in [0.2, 0.25) is 0 Å². The lowest BCUT2D eigenvalue weighted by atomic mass is 9.75. The zero-order chi connectivity index (χ0) is 21.3. The van der Waals surface area contributed by atoms with Crippen molar-refractivity contribution in [1.82, 2.24) is 4.90 Å². The van der Waals surface area contributed by atoms with E-state index in [1.165, 1.54) is 0 Å². The molecule has 0 N–H and O–H groups in total. The Balaban J connectivity index is 2.42. The molecule has 28 heavy (non-hydrogen) atoms. The topological polar surface area (TPSA) is 65.1 Å². The Hall–Kier alpha value is -1.86. The van der Waals surface area contributed by atoms with E-state index in [-0.39, 0.29) is 11.3 Å². The SMILES string of the molecule is CCCN(C(=O)Oc1cccc(C=O)c1B1OC(C)(C)C(C)(C)O1)C(C)(C)C. The third-order valence-corrected chi connectivity index (χ3v) is 5.39. The summed E-state index contributed by atoms with van der Waals surface area (Å²) in [5.41, 5.74) is -0.722. The number of amides is 1. The van der Waals surface area contributed by atoms with Crippen molar-refractivity contribution >= 4 is 25.0 Å². The molecule has 0 atom stereocenters. The molecule has 7 heteroatoms. The van der Waals surface area contributed by atoms with E-state index in [1.807, 2.05) is 55.4 Å². The molecule has 6 nitrogen and oxygen atoms in total. The van der Waals surface area contributed by atoms with Crippen LogP contribution < -0.4 is 10.2 Å². The van der Waals surface area contributed by atoms with Gasteiger partial charge in [0, 0.05) is 23.1 Å². The lowest BCUT2D eigenvalue weighted by Gasteiger charge is -2.34. The molecule has 2 rings (SSSR count). The molecule has 0 spiro atoms. The molecular weight excluding hydrogens is 357 g/mol. The van der Waals surface area contributed by atoms with Gasteiger partial charge in [-0.15, -0.1) is 0 Å². The summed E-state index contributed by atoms with van der Waals surface area (Å²) in [6.45, 7) is 16.2. The van der Waals surface area contributed by atoms with Crippen molar-refractivity contribution < 1.29 is 23.6 Å². The molecule has 0 saturated carbocycles. The highest BCUT2D eigenvalue weighted by Crippen LogP contribution is 2.37. The van der Waals surface area contributed by atoms with E-state index >= 15 is 0 Å². The number of carbonyl (C=O) groups excluding carboxylic acids is 2. The van der Waals surface area contributed by atoms with Gasteiger partial charge in [-0.05, 0) is 61.0 Å². The van der Waals surface area contributed by atoms with Crippen LogP contribution in [0.4, 0.5) is 4.79 Å². The lowest BCUT2D eigenvalue weighted by molar-refractivity contribution is 0.00578. The normalized spacial score (nSPS) is 18.1. The van der Waals surface area contributed by atoms with E-state index in [2.05, 4.69) is 0 Å². The number of nitrogens with zero attached hydrogens (tertiary/aromatic N) is 1. The van der Waals surface area contributed by atoms with Gasteiger partial charge in [-0.25, -0.2) is 4.79 Å². The Labute approximate surface area is 168 Å². The summed E-state index contributed by atoms with van der Waals surface area (Å²) < 4.78 is 18.0. The van der Waals surface area contributed by atoms with Crippen molar-refractivity contribution in [2.75, 3.05) is 6.54 Å². The molecule has 1 amide bonds. The molecular formula is C21H32BNO5. The van der Waals surface area contributed by atoms with E-state index in [1.54, 1.807) is 23.1 Å². The molecule has 0 aromatic heterocycles. The molecule has 1 saturated heterocycles. The third-order valence-electron chi connectivity index (χ3n) is 5.39. The summed E-state index contributed by atoms with van der Waals surface area (Å²) in [7, 11) is -0.802. The highest BCUT2D eigenvalue weighted by molar-refractivity contribution is 6.64. The number of hydrogen-bond acceptors (Lipinski definition) is 5. The summed E-state index contributed by atoms with van der Waals surface area (Å²) in [6.07, 6.45) is 1.07. The predicted molar refractivity (Wildman–Crippen MR) is 110 cm³/mol. The van der Waals surface area contributed by atoms with Gasteiger partial charge in [0.1, 0.15) is 12.0 Å². The summed E-state index contributed by atoms with van der Waals surface area (Å²) >= 11 is 0. The average Bonchev–Trinajstić information content (AvgIpc) is 2.78. The number of benzene rings is 1. The number of hydrogen-bond donors (Lipinski definition) is 0. The Morgan fingerprint density at radius 2 is 1.75 bits per heavy atom. The Morgan fingerprint density at radius 3 is 2.21 bits per heavy atom. The monoisotopic (exact) mass is 389 g/mol. The molecule has 1 aromatic rings. The predicted octanol–water partition coefficient (Wildman–Crippen LogP) is 3.81. The van der Waals surface area contributed by atoms with Gasteiger partial charge in [0.15, 0.2) is 0 Å². The summed E-state index contributed by atoms with van der Waals surface area (Å²) in [5, 5.41) is 0. The zero-order valence-corrected chi connectivity index (χ0v) is 18.3. The Bertz CT molecular complexity index is 723. The van der Waals surface area contributed by atoms with Crippen molar-refractivity contribution in [3.8, 4) is 5.75 Å². The van der Waals surface area contributed by atoms with E-state index in [4.69, 9.17) is 14.0 Å². The summed E-state index contributed by atoms with van der Waals surface area (Å²) in [5.74, 6) is 0.276. The zero-order valence-electron chi connectivity index (χ0n) is 18.3. The van der Waals surface area contributed by atoms with Gasteiger partial charge in [-0.2, -0.15) is 0 Å². The van der Waals surface area contributed by atoms with E-state index in [0.717, 1.165) is 12.7 Å². The maximum Gasteiger partial charge on any atom is 0.499 e. The first-order valence-corrected chi connectivity index (χ1v) is 9.77. The molecule has 1 aromatic carbocycles. The second-order valence-corrected chi connectivity index (χ2v) is 9.16. The highest BCUT2D eigenvalue weighted by atomic mass is 16.7. The molecule has 0 unspecified atom stereocenters. The smallest absolute Gasteiger partial charge is 0.411 e. The molecule has 0 radical (unpaired) electrons. The Morgan fingerprint density at radius 1 is 1.18 bits per heavy atom. The minimum atomic E-state index is -0.802. The first kappa shape index (κ1) is 22.4. The summed E-state index contributed by atoms with van der Waals surface area (Å²) in [4.78, 5) is 26.3. The van der Waals surface area contributed by atoms with Crippen LogP contribution >= 0.6 is 0 Å². The fourth-order valence-corrected chi connectivity index (χ4v) is 3.04. The fourth-order valence-electron chi connectivity index (χ4n) is 3.04. The van der Waals surface area contributed by atoms with Crippen molar-refractivity contribution in [1.29, 1.82) is 0 Å².